The lowest BCUT2D eigenvalue weighted by molar-refractivity contribution is -0.153. The molecule has 220 valence electrons. The molecule has 2 amide bonds. The predicted octanol–water partition coefficient (Wildman–Crippen LogP) is 8.73. The minimum absolute atomic E-state index is 0.315. The highest BCUT2D eigenvalue weighted by Crippen LogP contribution is 2.77. The number of benzene rings is 5. The van der Waals surface area contributed by atoms with Crippen LogP contribution in [0.3, 0.4) is 0 Å². The molecule has 3 atom stereocenters. The molecule has 2 heterocycles. The van der Waals surface area contributed by atoms with Crippen molar-refractivity contribution in [3.8, 4) is 0 Å². The Morgan fingerprint density at radius 1 is 0.556 bits per heavy atom. The molecule has 3 aliphatic carbocycles. The molecule has 2 saturated heterocycles. The van der Waals surface area contributed by atoms with E-state index in [1.54, 1.807) is 23.3 Å². The fourth-order valence-electron chi connectivity index (χ4n) is 8.58. The second-order valence-electron chi connectivity index (χ2n) is 12.0. The van der Waals surface area contributed by atoms with Crippen LogP contribution in [0.25, 0.3) is 0 Å². The highest BCUT2D eigenvalue weighted by Gasteiger charge is 2.87. The number of nitrogens with zero attached hydrogens (tertiary/aromatic N) is 2. The molecule has 0 spiro atoms. The first-order valence-electron chi connectivity index (χ1n) is 14.7. The Bertz CT molecular complexity index is 2000. The van der Waals surface area contributed by atoms with Crippen LogP contribution in [0.5, 0.6) is 0 Å². The van der Waals surface area contributed by atoms with Crippen molar-refractivity contribution in [3.05, 3.63) is 164 Å². The van der Waals surface area contributed by atoms with Crippen LogP contribution in [-0.2, 0) is 14.4 Å². The average Bonchev–Trinajstić information content (AvgIpc) is 3.48. The quantitative estimate of drug-likeness (QED) is 0.184. The van der Waals surface area contributed by atoms with Crippen LogP contribution >= 0.6 is 34.8 Å². The van der Waals surface area contributed by atoms with Gasteiger partial charge in [0.05, 0.1) is 17.3 Å². The Labute approximate surface area is 274 Å². The fraction of sp³-hybridized carbons (Fsp3) is 0.135. The molecular formula is C37H23Cl3N2O3. The van der Waals surface area contributed by atoms with Crippen molar-refractivity contribution in [2.24, 2.45) is 5.41 Å². The molecular weight excluding hydrogens is 627 g/mol. The van der Waals surface area contributed by atoms with Crippen molar-refractivity contribution in [2.75, 3.05) is 9.96 Å². The van der Waals surface area contributed by atoms with Crippen LogP contribution in [0, 0.1) is 5.41 Å². The number of carbonyl (C=O) groups is 2. The molecule has 5 aromatic rings. The summed E-state index contributed by atoms with van der Waals surface area (Å²) in [5.41, 5.74) is 2.79. The number of para-hydroxylation sites is 1. The van der Waals surface area contributed by atoms with Gasteiger partial charge in [-0.15, -0.1) is 0 Å². The molecule has 2 bridgehead atoms. The Hall–Kier alpha value is -4.13. The zero-order valence-corrected chi connectivity index (χ0v) is 25.8. The first-order valence-corrected chi connectivity index (χ1v) is 15.8. The molecule has 2 fully saturated rings. The maximum absolute atomic E-state index is 15.7. The Balaban J connectivity index is 1.43. The molecule has 5 nitrogen and oxygen atoms in total. The van der Waals surface area contributed by atoms with Crippen LogP contribution in [0.1, 0.15) is 45.7 Å². The van der Waals surface area contributed by atoms with E-state index in [1.807, 2.05) is 78.9 Å². The van der Waals surface area contributed by atoms with E-state index in [-0.39, 0.29) is 5.91 Å². The van der Waals surface area contributed by atoms with Crippen LogP contribution in [-0.4, -0.2) is 17.4 Å². The molecule has 2 aliphatic heterocycles. The normalized spacial score (nSPS) is 27.3. The van der Waals surface area contributed by atoms with Gasteiger partial charge in [-0.25, -0.2) is 9.96 Å². The van der Waals surface area contributed by atoms with Crippen molar-refractivity contribution in [2.45, 2.75) is 23.5 Å². The molecule has 5 aliphatic rings. The number of rotatable bonds is 3. The van der Waals surface area contributed by atoms with E-state index < -0.39 is 34.8 Å². The van der Waals surface area contributed by atoms with E-state index in [9.17, 15) is 0 Å². The number of hydrogen-bond donors (Lipinski definition) is 0. The number of halogens is 3. The van der Waals surface area contributed by atoms with Crippen molar-refractivity contribution >= 4 is 58.0 Å². The van der Waals surface area contributed by atoms with Gasteiger partial charge in [-0.3, -0.25) is 14.4 Å². The van der Waals surface area contributed by atoms with E-state index in [2.05, 4.69) is 24.3 Å². The minimum Gasteiger partial charge on any atom is -0.273 e. The van der Waals surface area contributed by atoms with Gasteiger partial charge in [0.15, 0.2) is 0 Å². The van der Waals surface area contributed by atoms with Gasteiger partial charge < -0.3 is 0 Å². The maximum Gasteiger partial charge on any atom is 0.271 e. The standard InChI is InChI=1S/C37H23Cl3N2O3/c38-22-16-14-21(15-17-22)33-36-31-27-10-4-6-12-29(27)32(30-13-7-5-11-28(30)31)37(36,45-42(33)25-8-2-1-3-9-25)35(44)41(34(36)43)26-19-23(39)18-24(40)20-26/h1-20,31-33H. The number of amides is 2. The number of imide groups is 1. The van der Waals surface area contributed by atoms with E-state index in [1.165, 1.54) is 4.90 Å². The topological polar surface area (TPSA) is 49.9 Å². The van der Waals surface area contributed by atoms with Crippen molar-refractivity contribution in [1.82, 2.24) is 0 Å². The first kappa shape index (κ1) is 27.2. The summed E-state index contributed by atoms with van der Waals surface area (Å²) in [7, 11) is 0. The molecule has 0 aromatic heterocycles. The number of hydrogen-bond acceptors (Lipinski definition) is 4. The van der Waals surface area contributed by atoms with E-state index in [0.717, 1.165) is 33.5 Å². The van der Waals surface area contributed by atoms with Crippen molar-refractivity contribution in [1.29, 1.82) is 0 Å². The second kappa shape index (κ2) is 9.44. The monoisotopic (exact) mass is 648 g/mol. The van der Waals surface area contributed by atoms with Gasteiger partial charge in [0.25, 0.3) is 5.91 Å². The van der Waals surface area contributed by atoms with Crippen molar-refractivity contribution < 1.29 is 14.4 Å². The van der Waals surface area contributed by atoms with Crippen LogP contribution in [0.4, 0.5) is 11.4 Å². The largest absolute Gasteiger partial charge is 0.273 e. The Kier molecular flexibility index (Phi) is 5.71. The molecule has 0 saturated carbocycles. The van der Waals surface area contributed by atoms with Crippen LogP contribution in [0.15, 0.2) is 121 Å². The summed E-state index contributed by atoms with van der Waals surface area (Å²) in [6, 6.07) is 37.5. The summed E-state index contributed by atoms with van der Waals surface area (Å²) >= 11 is 19.3. The second-order valence-corrected chi connectivity index (χ2v) is 13.3. The molecule has 3 unspecified atom stereocenters. The predicted molar refractivity (Wildman–Crippen MR) is 175 cm³/mol. The molecule has 8 heteroatoms. The van der Waals surface area contributed by atoms with Gasteiger partial charge in [0.1, 0.15) is 11.5 Å². The summed E-state index contributed by atoms with van der Waals surface area (Å²) in [6.07, 6.45) is 0. The lowest BCUT2D eigenvalue weighted by Crippen LogP contribution is -2.63. The first-order chi connectivity index (χ1) is 21.9. The maximum atomic E-state index is 15.7. The minimum atomic E-state index is -1.63. The third-order valence-corrected chi connectivity index (χ3v) is 10.7. The molecule has 5 aromatic carbocycles. The third-order valence-electron chi connectivity index (χ3n) is 10.0. The molecule has 0 N–H and O–H groups in total. The van der Waals surface area contributed by atoms with E-state index in [0.29, 0.717) is 20.8 Å². The van der Waals surface area contributed by atoms with Crippen molar-refractivity contribution in [3.63, 3.8) is 0 Å². The van der Waals surface area contributed by atoms with Gasteiger partial charge in [-0.1, -0.05) is 114 Å². The van der Waals surface area contributed by atoms with Gasteiger partial charge in [-0.2, -0.15) is 0 Å². The van der Waals surface area contributed by atoms with Gasteiger partial charge in [0, 0.05) is 21.0 Å². The number of hydroxylamine groups is 1. The van der Waals surface area contributed by atoms with Gasteiger partial charge >= 0.3 is 0 Å². The average molecular weight is 650 g/mol. The third kappa shape index (κ3) is 3.29. The van der Waals surface area contributed by atoms with Gasteiger partial charge in [-0.05, 0) is 70.3 Å². The highest BCUT2D eigenvalue weighted by atomic mass is 35.5. The zero-order valence-electron chi connectivity index (χ0n) is 23.5. The molecule has 45 heavy (non-hydrogen) atoms. The van der Waals surface area contributed by atoms with Crippen LogP contribution < -0.4 is 9.96 Å². The summed E-state index contributed by atoms with van der Waals surface area (Å²) in [6.45, 7) is 0. The summed E-state index contributed by atoms with van der Waals surface area (Å²) in [5.74, 6) is -1.89. The Morgan fingerprint density at radius 2 is 1.09 bits per heavy atom. The SMILES string of the molecule is O=C1N(c2cc(Cl)cc(Cl)c2)C(=O)C23C4c5ccccc5C(c5ccccc54)C12ON(c1ccccc1)C3c1ccc(Cl)cc1. The summed E-state index contributed by atoms with van der Waals surface area (Å²) in [5, 5.41) is 3.00. The lowest BCUT2D eigenvalue weighted by Gasteiger charge is -2.55. The van der Waals surface area contributed by atoms with E-state index in [4.69, 9.17) is 39.6 Å². The van der Waals surface area contributed by atoms with Crippen LogP contribution in [0.2, 0.25) is 15.1 Å². The zero-order chi connectivity index (χ0) is 30.7. The summed E-state index contributed by atoms with van der Waals surface area (Å²) < 4.78 is 0. The van der Waals surface area contributed by atoms with E-state index >= 15 is 9.59 Å². The molecule has 10 rings (SSSR count). The highest BCUT2D eigenvalue weighted by molar-refractivity contribution is 6.36. The number of carbonyl (C=O) groups excluding carboxylic acids is 2. The Morgan fingerprint density at radius 3 is 1.67 bits per heavy atom. The lowest BCUT2D eigenvalue weighted by atomic mass is 9.43. The van der Waals surface area contributed by atoms with Gasteiger partial charge in [0.2, 0.25) is 11.5 Å². The molecule has 0 radical (unpaired) electrons. The number of anilines is 2. The smallest absolute Gasteiger partial charge is 0.271 e. The fourth-order valence-corrected chi connectivity index (χ4v) is 9.22. The summed E-state index contributed by atoms with van der Waals surface area (Å²) in [4.78, 5) is 39.6.